The first-order valence-electron chi connectivity index (χ1n) is 11.8. The summed E-state index contributed by atoms with van der Waals surface area (Å²) in [7, 11) is 0. The maximum atomic E-state index is 13.3. The third-order valence-electron chi connectivity index (χ3n) is 6.26. The molecule has 0 unspecified atom stereocenters. The van der Waals surface area contributed by atoms with Gasteiger partial charge in [0.25, 0.3) is 5.91 Å². The second-order valence-corrected chi connectivity index (χ2v) is 9.18. The third kappa shape index (κ3) is 4.20. The number of nitrogens with one attached hydrogen (secondary N) is 1. The molecule has 3 heterocycles. The summed E-state index contributed by atoms with van der Waals surface area (Å²) in [6, 6.07) is 14.8. The lowest BCUT2D eigenvalue weighted by Crippen LogP contribution is -2.44. The number of carbonyl (C=O) groups excluding carboxylic acids is 2. The smallest absolute Gasteiger partial charge is 0.276 e. The van der Waals surface area contributed by atoms with E-state index >= 15 is 0 Å². The van der Waals surface area contributed by atoms with E-state index in [2.05, 4.69) is 15.4 Å². The Morgan fingerprint density at radius 3 is 2.72 bits per heavy atom. The third-order valence-corrected chi connectivity index (χ3v) is 6.26. The summed E-state index contributed by atoms with van der Waals surface area (Å²) in [5.41, 5.74) is 8.51. The topological polar surface area (TPSA) is 126 Å². The minimum atomic E-state index is -0.686. The first kappa shape index (κ1) is 23.6. The fourth-order valence-corrected chi connectivity index (χ4v) is 4.54. The van der Waals surface area contributed by atoms with Gasteiger partial charge in [0.2, 0.25) is 11.9 Å². The van der Waals surface area contributed by atoms with Crippen LogP contribution in [0.15, 0.2) is 48.5 Å². The zero-order valence-corrected chi connectivity index (χ0v) is 20.4. The highest BCUT2D eigenvalue weighted by Crippen LogP contribution is 2.40. The number of aromatic nitrogens is 4. The van der Waals surface area contributed by atoms with Gasteiger partial charge in [-0.05, 0) is 44.5 Å². The van der Waals surface area contributed by atoms with Crippen molar-refractivity contribution in [2.75, 3.05) is 18.5 Å². The van der Waals surface area contributed by atoms with E-state index < -0.39 is 11.4 Å². The van der Waals surface area contributed by atoms with Gasteiger partial charge in [0.1, 0.15) is 29.1 Å². The minimum absolute atomic E-state index is 0.247. The second-order valence-electron chi connectivity index (χ2n) is 9.18. The van der Waals surface area contributed by atoms with Crippen LogP contribution in [-0.2, 0) is 23.4 Å². The molecule has 1 aliphatic heterocycles. The Kier molecular flexibility index (Phi) is 5.97. The predicted octanol–water partition coefficient (Wildman–Crippen LogP) is 3.24. The van der Waals surface area contributed by atoms with Crippen molar-refractivity contribution < 1.29 is 19.1 Å². The molecule has 0 fully saturated rings. The highest BCUT2D eigenvalue weighted by Gasteiger charge is 2.38. The zero-order valence-electron chi connectivity index (χ0n) is 20.4. The number of amides is 2. The Labute approximate surface area is 208 Å². The molecule has 1 atom stereocenters. The summed E-state index contributed by atoms with van der Waals surface area (Å²) < 4.78 is 15.7. The average Bonchev–Trinajstić information content (AvgIpc) is 3.43. The maximum absolute atomic E-state index is 13.3. The monoisotopic (exact) mass is 488 g/mol. The highest BCUT2D eigenvalue weighted by molar-refractivity contribution is 6.04. The molecule has 0 bridgehead atoms. The van der Waals surface area contributed by atoms with E-state index in [1.165, 1.54) is 0 Å². The zero-order chi connectivity index (χ0) is 25.4. The van der Waals surface area contributed by atoms with E-state index in [0.717, 1.165) is 11.3 Å². The Bertz CT molecular complexity index is 1460. The van der Waals surface area contributed by atoms with Gasteiger partial charge in [0, 0.05) is 12.1 Å². The molecule has 3 N–H and O–H groups in total. The van der Waals surface area contributed by atoms with Crippen LogP contribution in [0.25, 0.3) is 11.0 Å². The number of aryl methyl sites for hydroxylation is 2. The van der Waals surface area contributed by atoms with Crippen molar-refractivity contribution in [3.8, 4) is 5.75 Å². The Morgan fingerprint density at radius 2 is 2.00 bits per heavy atom. The molecule has 0 spiro atoms. The van der Waals surface area contributed by atoms with Gasteiger partial charge in [-0.25, -0.2) is 4.98 Å². The van der Waals surface area contributed by atoms with Gasteiger partial charge >= 0.3 is 0 Å². The van der Waals surface area contributed by atoms with E-state index in [9.17, 15) is 9.59 Å². The van der Waals surface area contributed by atoms with Crippen molar-refractivity contribution in [1.29, 1.82) is 0 Å². The van der Waals surface area contributed by atoms with Crippen molar-refractivity contribution in [1.82, 2.24) is 19.3 Å². The Balaban J connectivity index is 1.54. The van der Waals surface area contributed by atoms with Gasteiger partial charge in [0.15, 0.2) is 0 Å². The van der Waals surface area contributed by atoms with Crippen LogP contribution in [0.4, 0.5) is 5.95 Å². The van der Waals surface area contributed by atoms with Crippen molar-refractivity contribution in [3.05, 3.63) is 71.0 Å². The minimum Gasteiger partial charge on any atom is -0.489 e. The van der Waals surface area contributed by atoms with Crippen LogP contribution in [0.5, 0.6) is 5.75 Å². The number of carbonyl (C=O) groups is 2. The molecule has 0 aliphatic carbocycles. The van der Waals surface area contributed by atoms with Gasteiger partial charge in [-0.3, -0.25) is 24.2 Å². The number of benzene rings is 2. The molecular weight excluding hydrogens is 460 g/mol. The molecule has 0 radical (unpaired) electrons. The molecule has 0 saturated carbocycles. The van der Waals surface area contributed by atoms with Gasteiger partial charge < -0.3 is 15.2 Å². The highest BCUT2D eigenvalue weighted by atomic mass is 16.5. The Hall–Kier alpha value is -4.18. The van der Waals surface area contributed by atoms with Gasteiger partial charge in [-0.2, -0.15) is 5.10 Å². The van der Waals surface area contributed by atoms with Crippen molar-refractivity contribution in [3.63, 3.8) is 0 Å². The van der Waals surface area contributed by atoms with Crippen LogP contribution in [0.3, 0.4) is 0 Å². The van der Waals surface area contributed by atoms with Crippen molar-refractivity contribution in [2.24, 2.45) is 5.73 Å². The summed E-state index contributed by atoms with van der Waals surface area (Å²) in [4.78, 5) is 29.8. The van der Waals surface area contributed by atoms with E-state index in [4.69, 9.17) is 15.2 Å². The fourth-order valence-electron chi connectivity index (χ4n) is 4.54. The van der Waals surface area contributed by atoms with E-state index in [1.54, 1.807) is 22.9 Å². The van der Waals surface area contributed by atoms with Gasteiger partial charge in [0.05, 0.1) is 24.4 Å². The van der Waals surface area contributed by atoms with Crippen LogP contribution < -0.4 is 15.8 Å². The SMILES string of the molecule is CCn1nc(C)cc1C(=O)Nc1nc2cc(C(N)=O)cc3c2n1[C@@](C)(COCc1ccccc1)CO3. The number of hydrogen-bond acceptors (Lipinski definition) is 6. The molecule has 4 aromatic rings. The van der Waals surface area contributed by atoms with E-state index in [-0.39, 0.29) is 18.1 Å². The molecule has 36 heavy (non-hydrogen) atoms. The number of nitrogens with zero attached hydrogens (tertiary/aromatic N) is 4. The van der Waals surface area contributed by atoms with Crippen LogP contribution in [-0.4, -0.2) is 44.4 Å². The van der Waals surface area contributed by atoms with E-state index in [1.807, 2.05) is 55.7 Å². The second kappa shape index (κ2) is 9.12. The number of hydrogen-bond donors (Lipinski definition) is 2. The molecule has 2 aromatic carbocycles. The summed E-state index contributed by atoms with van der Waals surface area (Å²) in [6.45, 7) is 7.28. The largest absolute Gasteiger partial charge is 0.489 e. The Morgan fingerprint density at radius 1 is 1.22 bits per heavy atom. The first-order valence-corrected chi connectivity index (χ1v) is 11.8. The number of primary amides is 1. The number of rotatable bonds is 8. The maximum Gasteiger partial charge on any atom is 0.276 e. The lowest BCUT2D eigenvalue weighted by atomic mass is 10.0. The van der Waals surface area contributed by atoms with Crippen molar-refractivity contribution in [2.45, 2.75) is 39.5 Å². The lowest BCUT2D eigenvalue weighted by Gasteiger charge is -2.36. The summed E-state index contributed by atoms with van der Waals surface area (Å²) in [5, 5.41) is 7.32. The van der Waals surface area contributed by atoms with Gasteiger partial charge in [-0.15, -0.1) is 0 Å². The quantitative estimate of drug-likeness (QED) is 0.392. The molecule has 10 nitrogen and oxygen atoms in total. The van der Waals surface area contributed by atoms with Gasteiger partial charge in [-0.1, -0.05) is 30.3 Å². The van der Waals surface area contributed by atoms with Crippen molar-refractivity contribution >= 4 is 28.8 Å². The van der Waals surface area contributed by atoms with Crippen LogP contribution in [0.1, 0.15) is 46.0 Å². The molecule has 186 valence electrons. The number of nitrogens with two attached hydrogens (primary N) is 1. The predicted molar refractivity (Wildman–Crippen MR) is 134 cm³/mol. The first-order chi connectivity index (χ1) is 17.3. The lowest BCUT2D eigenvalue weighted by molar-refractivity contribution is 0.0198. The van der Waals surface area contributed by atoms with Crippen LogP contribution in [0, 0.1) is 6.92 Å². The van der Waals surface area contributed by atoms with E-state index in [0.29, 0.717) is 48.2 Å². The molecule has 10 heteroatoms. The average molecular weight is 489 g/mol. The number of imidazole rings is 1. The fraction of sp³-hybridized carbons (Fsp3) is 0.308. The molecule has 2 aromatic heterocycles. The molecular formula is C26H28N6O4. The normalized spacial score (nSPS) is 16.6. The van der Waals surface area contributed by atoms with Crippen LogP contribution >= 0.6 is 0 Å². The number of anilines is 1. The standard InChI is InChI=1S/C26H28N6O4/c1-4-31-20(10-16(2)30-31)24(34)29-25-28-19-11-18(23(27)33)12-21-22(19)32(25)26(3,15-36-21)14-35-13-17-8-6-5-7-9-17/h5-12H,4,13-15H2,1-3H3,(H2,27,33)(H,28,29,34)/t26-/m0/s1. The molecule has 5 rings (SSSR count). The molecule has 0 saturated heterocycles. The molecule has 1 aliphatic rings. The summed E-state index contributed by atoms with van der Waals surface area (Å²) in [5.74, 6) is -0.115. The summed E-state index contributed by atoms with van der Waals surface area (Å²) in [6.07, 6.45) is 0. The van der Waals surface area contributed by atoms with Crippen LogP contribution in [0.2, 0.25) is 0 Å². The number of ether oxygens (including phenoxy) is 2. The molecule has 2 amide bonds. The summed E-state index contributed by atoms with van der Waals surface area (Å²) >= 11 is 0.